The molecule has 45 heavy (non-hydrogen) atoms. The molecule has 0 aliphatic carbocycles. The molecule has 2 aromatic heterocycles. The van der Waals surface area contributed by atoms with E-state index in [1.807, 2.05) is 41.7 Å². The molecular formula is C41H26N2OS. The number of para-hydroxylation sites is 1. The van der Waals surface area contributed by atoms with Crippen LogP contribution >= 0.6 is 11.3 Å². The van der Waals surface area contributed by atoms with Crippen molar-refractivity contribution in [3.8, 4) is 22.6 Å². The average Bonchev–Trinajstić information content (AvgIpc) is 3.72. The van der Waals surface area contributed by atoms with Crippen LogP contribution in [0, 0.1) is 0 Å². The minimum atomic E-state index is 0.624. The summed E-state index contributed by atoms with van der Waals surface area (Å²) in [7, 11) is 0. The van der Waals surface area contributed by atoms with Gasteiger partial charge in [0.15, 0.2) is 5.58 Å². The monoisotopic (exact) mass is 594 g/mol. The van der Waals surface area contributed by atoms with Crippen LogP contribution in [0.4, 0.5) is 17.1 Å². The third-order valence-electron chi connectivity index (χ3n) is 8.50. The molecule has 9 rings (SSSR count). The lowest BCUT2D eigenvalue weighted by Gasteiger charge is -2.27. The Morgan fingerprint density at radius 2 is 1.16 bits per heavy atom. The van der Waals surface area contributed by atoms with Gasteiger partial charge < -0.3 is 9.32 Å². The second-order valence-corrected chi connectivity index (χ2v) is 12.2. The highest BCUT2D eigenvalue weighted by Crippen LogP contribution is 2.44. The standard InChI is InChI=1S/C41H26N2OS/c1-3-12-28(13-4-1)41-42-39-34-18-8-7-16-32(34)36(26-37(39)44-41)43(29-14-5-2-6-15-29)30-24-22-27(23-25-30)31-19-11-20-35-33-17-9-10-21-38(33)45-40(31)35/h1-26H. The highest BCUT2D eigenvalue weighted by Gasteiger charge is 2.20. The molecule has 2 heterocycles. The Bertz CT molecular complexity index is 2480. The third kappa shape index (κ3) is 4.30. The van der Waals surface area contributed by atoms with Crippen LogP contribution in [-0.4, -0.2) is 4.98 Å². The van der Waals surface area contributed by atoms with E-state index < -0.39 is 0 Å². The van der Waals surface area contributed by atoms with Crippen LogP contribution in [0.15, 0.2) is 162 Å². The van der Waals surface area contributed by atoms with Crippen molar-refractivity contribution < 1.29 is 4.42 Å². The van der Waals surface area contributed by atoms with Gasteiger partial charge in [0, 0.05) is 53.9 Å². The largest absolute Gasteiger partial charge is 0.436 e. The van der Waals surface area contributed by atoms with Gasteiger partial charge in [-0.2, -0.15) is 0 Å². The summed E-state index contributed by atoms with van der Waals surface area (Å²) in [5.41, 5.74) is 8.23. The number of anilines is 3. The number of rotatable bonds is 5. The van der Waals surface area contributed by atoms with Gasteiger partial charge in [0.25, 0.3) is 0 Å². The smallest absolute Gasteiger partial charge is 0.227 e. The lowest BCUT2D eigenvalue weighted by atomic mass is 10.0. The van der Waals surface area contributed by atoms with Crippen molar-refractivity contribution in [2.75, 3.05) is 4.90 Å². The number of hydrogen-bond donors (Lipinski definition) is 0. The fourth-order valence-electron chi connectivity index (χ4n) is 6.40. The summed E-state index contributed by atoms with van der Waals surface area (Å²) in [6, 6.07) is 55.5. The van der Waals surface area contributed by atoms with Crippen molar-refractivity contribution in [2.45, 2.75) is 0 Å². The van der Waals surface area contributed by atoms with E-state index in [2.05, 4.69) is 132 Å². The minimum absolute atomic E-state index is 0.624. The Morgan fingerprint density at radius 1 is 0.511 bits per heavy atom. The Kier molecular flexibility index (Phi) is 6.00. The van der Waals surface area contributed by atoms with Crippen molar-refractivity contribution in [1.82, 2.24) is 4.98 Å². The molecule has 0 radical (unpaired) electrons. The van der Waals surface area contributed by atoms with E-state index >= 15 is 0 Å². The van der Waals surface area contributed by atoms with Gasteiger partial charge in [-0.15, -0.1) is 11.3 Å². The first-order chi connectivity index (χ1) is 22.3. The van der Waals surface area contributed by atoms with Gasteiger partial charge in [-0.1, -0.05) is 109 Å². The molecule has 0 aliphatic rings. The van der Waals surface area contributed by atoms with Crippen LogP contribution < -0.4 is 4.90 Å². The summed E-state index contributed by atoms with van der Waals surface area (Å²) < 4.78 is 9.07. The summed E-state index contributed by atoms with van der Waals surface area (Å²) in [5.74, 6) is 0.624. The number of hydrogen-bond acceptors (Lipinski definition) is 4. The van der Waals surface area contributed by atoms with Crippen LogP contribution in [-0.2, 0) is 0 Å². The normalized spacial score (nSPS) is 11.6. The highest BCUT2D eigenvalue weighted by atomic mass is 32.1. The maximum Gasteiger partial charge on any atom is 0.227 e. The van der Waals surface area contributed by atoms with Crippen LogP contribution in [0.2, 0.25) is 0 Å². The van der Waals surface area contributed by atoms with Gasteiger partial charge in [-0.05, 0) is 53.6 Å². The molecule has 0 saturated carbocycles. The Labute approximate surface area is 264 Å². The lowest BCUT2D eigenvalue weighted by molar-refractivity contribution is 0.620. The lowest BCUT2D eigenvalue weighted by Crippen LogP contribution is -2.10. The number of nitrogens with zero attached hydrogens (tertiary/aromatic N) is 2. The molecule has 4 heteroatoms. The van der Waals surface area contributed by atoms with Crippen LogP contribution in [0.25, 0.3) is 64.6 Å². The molecular weight excluding hydrogens is 569 g/mol. The first-order valence-corrected chi connectivity index (χ1v) is 15.9. The molecule has 0 N–H and O–H groups in total. The summed E-state index contributed by atoms with van der Waals surface area (Å²) in [6.07, 6.45) is 0. The summed E-state index contributed by atoms with van der Waals surface area (Å²) >= 11 is 1.86. The van der Waals surface area contributed by atoms with Gasteiger partial charge in [-0.3, -0.25) is 0 Å². The third-order valence-corrected chi connectivity index (χ3v) is 9.72. The van der Waals surface area contributed by atoms with Gasteiger partial charge in [0.1, 0.15) is 5.52 Å². The van der Waals surface area contributed by atoms with Crippen molar-refractivity contribution in [3.63, 3.8) is 0 Å². The SMILES string of the molecule is c1ccc(-c2nc3c(cc(N(c4ccccc4)c4ccc(-c5cccc6c5sc5ccccc56)cc4)c4ccccc43)o2)cc1. The van der Waals surface area contributed by atoms with Crippen molar-refractivity contribution in [3.05, 3.63) is 158 Å². The molecule has 7 aromatic carbocycles. The fraction of sp³-hybridized carbons (Fsp3) is 0. The zero-order valence-electron chi connectivity index (χ0n) is 24.2. The topological polar surface area (TPSA) is 29.3 Å². The van der Waals surface area contributed by atoms with Gasteiger partial charge in [0.2, 0.25) is 5.89 Å². The van der Waals surface area contributed by atoms with Gasteiger partial charge in [0.05, 0.1) is 5.69 Å². The summed E-state index contributed by atoms with van der Waals surface area (Å²) in [4.78, 5) is 7.27. The van der Waals surface area contributed by atoms with Crippen LogP contribution in [0.3, 0.4) is 0 Å². The van der Waals surface area contributed by atoms with Crippen LogP contribution in [0.1, 0.15) is 0 Å². The quantitative estimate of drug-likeness (QED) is 0.198. The summed E-state index contributed by atoms with van der Waals surface area (Å²) in [5, 5.41) is 4.80. The maximum atomic E-state index is 6.43. The first kappa shape index (κ1) is 25.8. The van der Waals surface area contributed by atoms with Crippen molar-refractivity contribution in [1.29, 1.82) is 0 Å². The zero-order valence-corrected chi connectivity index (χ0v) is 25.0. The number of oxazole rings is 1. The average molecular weight is 595 g/mol. The summed E-state index contributed by atoms with van der Waals surface area (Å²) in [6.45, 7) is 0. The molecule has 3 nitrogen and oxygen atoms in total. The first-order valence-electron chi connectivity index (χ1n) is 15.1. The molecule has 0 spiro atoms. The molecule has 0 unspecified atom stereocenters. The van der Waals surface area contributed by atoms with Gasteiger partial charge >= 0.3 is 0 Å². The van der Waals surface area contributed by atoms with Gasteiger partial charge in [-0.25, -0.2) is 4.98 Å². The Hall–Kier alpha value is -5.71. The van der Waals surface area contributed by atoms with E-state index in [1.165, 1.54) is 31.3 Å². The van der Waals surface area contributed by atoms with E-state index in [1.54, 1.807) is 0 Å². The van der Waals surface area contributed by atoms with E-state index in [0.29, 0.717) is 5.89 Å². The molecule has 212 valence electrons. The Morgan fingerprint density at radius 3 is 1.96 bits per heavy atom. The van der Waals surface area contributed by atoms with E-state index in [-0.39, 0.29) is 0 Å². The second kappa shape index (κ2) is 10.5. The van der Waals surface area contributed by atoms with Crippen molar-refractivity contribution >= 4 is 70.4 Å². The number of thiophene rings is 1. The number of aromatic nitrogens is 1. The molecule has 0 saturated heterocycles. The molecule has 0 aliphatic heterocycles. The predicted octanol–water partition coefficient (Wildman–Crippen LogP) is 12.2. The van der Waals surface area contributed by atoms with E-state index in [0.717, 1.165) is 44.5 Å². The molecule has 0 bridgehead atoms. The molecule has 0 fully saturated rings. The second-order valence-electron chi connectivity index (χ2n) is 11.2. The van der Waals surface area contributed by atoms with E-state index in [4.69, 9.17) is 9.40 Å². The Balaban J connectivity index is 1.22. The van der Waals surface area contributed by atoms with E-state index in [9.17, 15) is 0 Å². The number of fused-ring (bicyclic) bond motifs is 6. The number of benzene rings is 7. The molecule has 0 atom stereocenters. The maximum absolute atomic E-state index is 6.43. The minimum Gasteiger partial charge on any atom is -0.436 e. The highest BCUT2D eigenvalue weighted by molar-refractivity contribution is 7.26. The zero-order chi connectivity index (χ0) is 29.7. The predicted molar refractivity (Wildman–Crippen MR) is 190 cm³/mol. The molecule has 0 amide bonds. The molecule has 9 aromatic rings. The fourth-order valence-corrected chi connectivity index (χ4v) is 7.63. The van der Waals surface area contributed by atoms with Crippen molar-refractivity contribution in [2.24, 2.45) is 0 Å². The van der Waals surface area contributed by atoms with Crippen LogP contribution in [0.5, 0.6) is 0 Å².